The second-order valence-corrected chi connectivity index (χ2v) is 6.77. The summed E-state index contributed by atoms with van der Waals surface area (Å²) in [6, 6.07) is 5.35. The number of aryl methyl sites for hydroxylation is 1. The number of nitrogens with zero attached hydrogens (tertiary/aromatic N) is 3. The standard InChI is InChI=1S/C14H12ClN3OS2/c1-9-6-21-14-17-11(4-13(19)18(9)14)8-20-7-10-2-3-12(15)16-5-10/h2-6H,7-8H2,1H3. The van der Waals surface area contributed by atoms with Gasteiger partial charge in [0, 0.05) is 34.8 Å². The molecule has 0 saturated carbocycles. The summed E-state index contributed by atoms with van der Waals surface area (Å²) >= 11 is 8.94. The second-order valence-electron chi connectivity index (χ2n) is 4.56. The highest BCUT2D eigenvalue weighted by Crippen LogP contribution is 2.18. The Morgan fingerprint density at radius 1 is 1.38 bits per heavy atom. The fourth-order valence-corrected chi connectivity index (χ4v) is 3.81. The molecule has 0 atom stereocenters. The second kappa shape index (κ2) is 6.17. The number of halogens is 1. The highest BCUT2D eigenvalue weighted by Gasteiger charge is 2.06. The Balaban J connectivity index is 1.71. The SMILES string of the molecule is Cc1csc2nc(CSCc3ccc(Cl)nc3)cc(=O)n12. The molecule has 0 aliphatic carbocycles. The number of hydrogen-bond donors (Lipinski definition) is 0. The molecule has 0 unspecified atom stereocenters. The van der Waals surface area contributed by atoms with Gasteiger partial charge in [-0.1, -0.05) is 17.7 Å². The van der Waals surface area contributed by atoms with Gasteiger partial charge >= 0.3 is 0 Å². The van der Waals surface area contributed by atoms with E-state index in [0.29, 0.717) is 10.9 Å². The predicted octanol–water partition coefficient (Wildman–Crippen LogP) is 3.55. The van der Waals surface area contributed by atoms with Crippen LogP contribution in [0.3, 0.4) is 0 Å². The Hall–Kier alpha value is -1.37. The topological polar surface area (TPSA) is 47.3 Å². The molecule has 0 fully saturated rings. The molecule has 0 aromatic carbocycles. The molecule has 108 valence electrons. The van der Waals surface area contributed by atoms with Crippen LogP contribution < -0.4 is 5.56 Å². The average molecular weight is 338 g/mol. The molecule has 3 heterocycles. The van der Waals surface area contributed by atoms with E-state index in [1.165, 1.54) is 11.3 Å². The largest absolute Gasteiger partial charge is 0.269 e. The summed E-state index contributed by atoms with van der Waals surface area (Å²) in [7, 11) is 0. The van der Waals surface area contributed by atoms with Crippen molar-refractivity contribution in [3.8, 4) is 0 Å². The molecule has 3 aromatic rings. The van der Waals surface area contributed by atoms with Gasteiger partial charge in [0.05, 0.1) is 5.69 Å². The van der Waals surface area contributed by atoms with Gasteiger partial charge in [-0.2, -0.15) is 11.8 Å². The number of thiazole rings is 1. The first-order chi connectivity index (χ1) is 10.1. The van der Waals surface area contributed by atoms with Crippen molar-refractivity contribution in [1.82, 2.24) is 14.4 Å². The van der Waals surface area contributed by atoms with Crippen LogP contribution in [0.2, 0.25) is 5.15 Å². The lowest BCUT2D eigenvalue weighted by Crippen LogP contribution is -2.14. The molecule has 0 bridgehead atoms. The molecule has 3 aromatic heterocycles. The maximum Gasteiger partial charge on any atom is 0.258 e. The van der Waals surface area contributed by atoms with Crippen LogP contribution in [0.5, 0.6) is 0 Å². The summed E-state index contributed by atoms with van der Waals surface area (Å²) in [5, 5.41) is 2.44. The molecule has 0 aliphatic heterocycles. The first kappa shape index (κ1) is 14.6. The summed E-state index contributed by atoms with van der Waals surface area (Å²) < 4.78 is 1.64. The van der Waals surface area contributed by atoms with Crippen LogP contribution in [-0.4, -0.2) is 14.4 Å². The van der Waals surface area contributed by atoms with Crippen LogP contribution in [0, 0.1) is 6.92 Å². The molecule has 3 rings (SSSR count). The number of pyridine rings is 1. The highest BCUT2D eigenvalue weighted by atomic mass is 35.5. The third-order valence-corrected chi connectivity index (χ3v) is 5.14. The quantitative estimate of drug-likeness (QED) is 0.683. The zero-order valence-electron chi connectivity index (χ0n) is 11.2. The monoisotopic (exact) mass is 337 g/mol. The minimum absolute atomic E-state index is 0.0116. The van der Waals surface area contributed by atoms with Gasteiger partial charge in [0.25, 0.3) is 5.56 Å². The Bertz CT molecular complexity index is 826. The van der Waals surface area contributed by atoms with Crippen molar-refractivity contribution in [2.24, 2.45) is 0 Å². The third kappa shape index (κ3) is 3.28. The van der Waals surface area contributed by atoms with Crippen molar-refractivity contribution in [3.63, 3.8) is 0 Å². The minimum Gasteiger partial charge on any atom is -0.269 e. The van der Waals surface area contributed by atoms with Crippen molar-refractivity contribution >= 4 is 39.7 Å². The van der Waals surface area contributed by atoms with E-state index < -0.39 is 0 Å². The Morgan fingerprint density at radius 2 is 2.24 bits per heavy atom. The zero-order chi connectivity index (χ0) is 14.8. The average Bonchev–Trinajstić information content (AvgIpc) is 2.83. The summed E-state index contributed by atoms with van der Waals surface area (Å²) in [4.78, 5) is 21.4. The Kier molecular flexibility index (Phi) is 4.28. The van der Waals surface area contributed by atoms with Crippen LogP contribution in [0.15, 0.2) is 34.6 Å². The van der Waals surface area contributed by atoms with E-state index in [2.05, 4.69) is 9.97 Å². The molecular weight excluding hydrogens is 326 g/mol. The van der Waals surface area contributed by atoms with Gasteiger partial charge in [-0.15, -0.1) is 11.3 Å². The number of hydrogen-bond acceptors (Lipinski definition) is 5. The van der Waals surface area contributed by atoms with Gasteiger partial charge in [-0.3, -0.25) is 9.20 Å². The van der Waals surface area contributed by atoms with Gasteiger partial charge in [-0.25, -0.2) is 9.97 Å². The molecule has 4 nitrogen and oxygen atoms in total. The van der Waals surface area contributed by atoms with Gasteiger partial charge in [0.15, 0.2) is 4.96 Å². The summed E-state index contributed by atoms with van der Waals surface area (Å²) in [6.45, 7) is 1.91. The number of aromatic nitrogens is 3. The molecule has 0 N–H and O–H groups in total. The summed E-state index contributed by atoms with van der Waals surface area (Å²) in [5.41, 5.74) is 2.84. The lowest BCUT2D eigenvalue weighted by atomic mass is 10.3. The van der Waals surface area contributed by atoms with E-state index in [-0.39, 0.29) is 5.56 Å². The van der Waals surface area contributed by atoms with Crippen LogP contribution in [-0.2, 0) is 11.5 Å². The maximum atomic E-state index is 12.0. The lowest BCUT2D eigenvalue weighted by Gasteiger charge is -2.03. The summed E-state index contributed by atoms with van der Waals surface area (Å²) in [5.74, 6) is 1.51. The predicted molar refractivity (Wildman–Crippen MR) is 88.3 cm³/mol. The van der Waals surface area contributed by atoms with E-state index in [4.69, 9.17) is 11.6 Å². The Morgan fingerprint density at radius 3 is 3.00 bits per heavy atom. The molecule has 7 heteroatoms. The molecule has 0 saturated heterocycles. The minimum atomic E-state index is -0.0116. The van der Waals surface area contributed by atoms with Gasteiger partial charge in [0.1, 0.15) is 5.15 Å². The van der Waals surface area contributed by atoms with Crippen molar-refractivity contribution in [2.75, 3.05) is 0 Å². The van der Waals surface area contributed by atoms with Crippen LogP contribution >= 0.6 is 34.7 Å². The number of fused-ring (bicyclic) bond motifs is 1. The zero-order valence-corrected chi connectivity index (χ0v) is 13.6. The first-order valence-electron chi connectivity index (χ1n) is 6.28. The van der Waals surface area contributed by atoms with E-state index in [0.717, 1.165) is 27.7 Å². The van der Waals surface area contributed by atoms with E-state index in [1.807, 2.05) is 18.4 Å². The van der Waals surface area contributed by atoms with Gasteiger partial charge in [0.2, 0.25) is 0 Å². The number of rotatable bonds is 4. The van der Waals surface area contributed by atoms with Crippen LogP contribution in [0.1, 0.15) is 17.0 Å². The van der Waals surface area contributed by atoms with Crippen molar-refractivity contribution < 1.29 is 0 Å². The van der Waals surface area contributed by atoms with Crippen LogP contribution in [0.4, 0.5) is 0 Å². The Labute approximate surface area is 134 Å². The maximum absolute atomic E-state index is 12.0. The smallest absolute Gasteiger partial charge is 0.258 e. The molecule has 0 radical (unpaired) electrons. The van der Waals surface area contributed by atoms with E-state index >= 15 is 0 Å². The molecule has 0 spiro atoms. The molecular formula is C14H12ClN3OS2. The molecule has 0 amide bonds. The van der Waals surface area contributed by atoms with E-state index in [1.54, 1.807) is 34.5 Å². The number of thioether (sulfide) groups is 1. The highest BCUT2D eigenvalue weighted by molar-refractivity contribution is 7.97. The van der Waals surface area contributed by atoms with Gasteiger partial charge < -0.3 is 0 Å². The lowest BCUT2D eigenvalue weighted by molar-refractivity contribution is 0.997. The third-order valence-electron chi connectivity index (χ3n) is 2.94. The first-order valence-corrected chi connectivity index (χ1v) is 8.69. The van der Waals surface area contributed by atoms with Crippen molar-refractivity contribution in [1.29, 1.82) is 0 Å². The normalized spacial score (nSPS) is 11.1. The summed E-state index contributed by atoms with van der Waals surface area (Å²) in [6.07, 6.45) is 1.77. The van der Waals surface area contributed by atoms with E-state index in [9.17, 15) is 4.79 Å². The van der Waals surface area contributed by atoms with Crippen LogP contribution in [0.25, 0.3) is 4.96 Å². The van der Waals surface area contributed by atoms with Crippen molar-refractivity contribution in [2.45, 2.75) is 18.4 Å². The van der Waals surface area contributed by atoms with Crippen molar-refractivity contribution in [3.05, 3.63) is 62.2 Å². The molecule has 21 heavy (non-hydrogen) atoms. The fraction of sp³-hybridized carbons (Fsp3) is 0.214. The van der Waals surface area contributed by atoms with Gasteiger partial charge in [-0.05, 0) is 18.6 Å². The fourth-order valence-electron chi connectivity index (χ4n) is 1.94. The molecule has 0 aliphatic rings.